The second-order valence-electron chi connectivity index (χ2n) is 3.22. The van der Waals surface area contributed by atoms with Crippen molar-refractivity contribution in [2.45, 2.75) is 6.92 Å². The van der Waals surface area contributed by atoms with E-state index in [1.807, 2.05) is 30.3 Å². The number of carbonyl (C=O) groups excluding carboxylic acids is 1. The van der Waals surface area contributed by atoms with Crippen LogP contribution in [-0.4, -0.2) is 16.4 Å². The lowest BCUT2D eigenvalue weighted by Crippen LogP contribution is -2.02. The summed E-state index contributed by atoms with van der Waals surface area (Å²) >= 11 is 0. The van der Waals surface area contributed by atoms with Gasteiger partial charge in [0.2, 0.25) is 0 Å². The smallest absolute Gasteiger partial charge is 0.251 e. The molecule has 4 heteroatoms. The second kappa shape index (κ2) is 6.27. The fourth-order valence-electron chi connectivity index (χ4n) is 1.33. The van der Waals surface area contributed by atoms with Crippen molar-refractivity contribution >= 4 is 6.29 Å². The first-order valence-electron chi connectivity index (χ1n) is 5.06. The van der Waals surface area contributed by atoms with Crippen LogP contribution >= 0.6 is 0 Å². The Labute approximate surface area is 98.6 Å². The van der Waals surface area contributed by atoms with Gasteiger partial charge in [0.25, 0.3) is 5.56 Å². The summed E-state index contributed by atoms with van der Waals surface area (Å²) in [6.45, 7) is 1.44. The summed E-state index contributed by atoms with van der Waals surface area (Å²) in [5.41, 5.74) is 1.32. The van der Waals surface area contributed by atoms with Gasteiger partial charge in [0.15, 0.2) is 5.88 Å². The molecular formula is C13H13NO3. The number of hydrogen-bond donors (Lipinski definition) is 2. The number of hydrogen-bond acceptors (Lipinski definition) is 3. The minimum atomic E-state index is -0.302. The van der Waals surface area contributed by atoms with Gasteiger partial charge < -0.3 is 9.90 Å². The van der Waals surface area contributed by atoms with Crippen LogP contribution in [0.4, 0.5) is 0 Å². The van der Waals surface area contributed by atoms with Crippen molar-refractivity contribution in [3.63, 3.8) is 0 Å². The number of carbonyl (C=O) groups is 1. The highest BCUT2D eigenvalue weighted by Gasteiger charge is 1.99. The Hall–Kier alpha value is -2.36. The number of aromatic nitrogens is 1. The van der Waals surface area contributed by atoms with Crippen LogP contribution < -0.4 is 5.56 Å². The predicted molar refractivity (Wildman–Crippen MR) is 65.9 cm³/mol. The average molecular weight is 231 g/mol. The van der Waals surface area contributed by atoms with Gasteiger partial charge in [0, 0.05) is 12.1 Å². The largest absolute Gasteiger partial charge is 0.494 e. The summed E-state index contributed by atoms with van der Waals surface area (Å²) in [4.78, 5) is 22.2. The van der Waals surface area contributed by atoms with E-state index in [0.717, 1.165) is 11.8 Å². The molecule has 0 aliphatic carbocycles. The number of H-pyrrole nitrogens is 1. The molecule has 0 saturated heterocycles. The summed E-state index contributed by atoms with van der Waals surface area (Å²) in [5.74, 6) is -0.114. The zero-order chi connectivity index (χ0) is 12.7. The van der Waals surface area contributed by atoms with Crippen molar-refractivity contribution in [3.8, 4) is 17.0 Å². The van der Waals surface area contributed by atoms with Gasteiger partial charge in [0.1, 0.15) is 6.29 Å². The van der Waals surface area contributed by atoms with Crippen LogP contribution in [0.3, 0.4) is 0 Å². The maximum absolute atomic E-state index is 11.1. The highest BCUT2D eigenvalue weighted by molar-refractivity contribution is 5.63. The molecule has 1 heterocycles. The van der Waals surface area contributed by atoms with Gasteiger partial charge in [-0.15, -0.1) is 0 Å². The molecule has 17 heavy (non-hydrogen) atoms. The maximum Gasteiger partial charge on any atom is 0.251 e. The summed E-state index contributed by atoms with van der Waals surface area (Å²) in [6, 6.07) is 12.4. The van der Waals surface area contributed by atoms with Crippen molar-refractivity contribution < 1.29 is 9.90 Å². The summed E-state index contributed by atoms with van der Waals surface area (Å²) in [7, 11) is 0. The van der Waals surface area contributed by atoms with Crippen molar-refractivity contribution in [2.75, 3.05) is 0 Å². The third kappa shape index (κ3) is 3.95. The molecule has 88 valence electrons. The number of rotatable bonds is 1. The first-order chi connectivity index (χ1) is 8.17. The molecule has 0 unspecified atom stereocenters. The van der Waals surface area contributed by atoms with E-state index in [1.165, 1.54) is 19.1 Å². The molecule has 0 bridgehead atoms. The molecule has 1 aromatic heterocycles. The zero-order valence-electron chi connectivity index (χ0n) is 9.38. The number of aromatic amines is 1. The van der Waals surface area contributed by atoms with Gasteiger partial charge in [-0.05, 0) is 18.1 Å². The number of aromatic hydroxyl groups is 1. The summed E-state index contributed by atoms with van der Waals surface area (Å²) in [6.07, 6.45) is 0.750. The fraction of sp³-hybridized carbons (Fsp3) is 0.0769. The van der Waals surface area contributed by atoms with Gasteiger partial charge >= 0.3 is 0 Å². The fourth-order valence-corrected chi connectivity index (χ4v) is 1.33. The van der Waals surface area contributed by atoms with Gasteiger partial charge in [0.05, 0.1) is 0 Å². The SMILES string of the molecule is CC=O.O=c1cc(-c2ccccc2)cc(O)[nH]1. The minimum Gasteiger partial charge on any atom is -0.494 e. The van der Waals surface area contributed by atoms with Crippen LogP contribution in [0.2, 0.25) is 0 Å². The highest BCUT2D eigenvalue weighted by Crippen LogP contribution is 2.19. The minimum absolute atomic E-state index is 0.114. The van der Waals surface area contributed by atoms with Crippen LogP contribution in [-0.2, 0) is 4.79 Å². The Morgan fingerprint density at radius 3 is 2.24 bits per heavy atom. The third-order valence-electron chi connectivity index (χ3n) is 1.94. The third-order valence-corrected chi connectivity index (χ3v) is 1.94. The lowest BCUT2D eigenvalue weighted by molar-refractivity contribution is -0.106. The monoisotopic (exact) mass is 231 g/mol. The van der Waals surface area contributed by atoms with Crippen LogP contribution in [0.15, 0.2) is 47.3 Å². The molecule has 2 N–H and O–H groups in total. The van der Waals surface area contributed by atoms with Crippen molar-refractivity contribution in [2.24, 2.45) is 0 Å². The van der Waals surface area contributed by atoms with Gasteiger partial charge in [-0.1, -0.05) is 30.3 Å². The molecule has 1 aromatic carbocycles. The van der Waals surface area contributed by atoms with Crippen molar-refractivity contribution in [1.29, 1.82) is 0 Å². The molecule has 2 aromatic rings. The maximum atomic E-state index is 11.1. The number of aldehydes is 1. The lowest BCUT2D eigenvalue weighted by Gasteiger charge is -2.00. The Morgan fingerprint density at radius 2 is 1.71 bits per heavy atom. The van der Waals surface area contributed by atoms with E-state index in [4.69, 9.17) is 4.79 Å². The Balaban J connectivity index is 0.000000437. The van der Waals surface area contributed by atoms with Gasteiger partial charge in [-0.25, -0.2) is 0 Å². The topological polar surface area (TPSA) is 70.2 Å². The van der Waals surface area contributed by atoms with E-state index in [9.17, 15) is 9.90 Å². The standard InChI is InChI=1S/C11H9NO2.C2H4O/c13-10-6-9(7-11(14)12-10)8-4-2-1-3-5-8;1-2-3/h1-7H,(H2,12,13,14);2H,1H3. The quantitative estimate of drug-likeness (QED) is 0.737. The molecule has 0 fully saturated rings. The van der Waals surface area contributed by atoms with E-state index < -0.39 is 0 Å². The molecule has 0 aliphatic rings. The molecule has 0 amide bonds. The average Bonchev–Trinajstić information content (AvgIpc) is 2.30. The summed E-state index contributed by atoms with van der Waals surface area (Å²) < 4.78 is 0. The van der Waals surface area contributed by atoms with E-state index in [-0.39, 0.29) is 11.4 Å². The summed E-state index contributed by atoms with van der Waals surface area (Å²) in [5, 5.41) is 9.20. The van der Waals surface area contributed by atoms with Crippen LogP contribution in [0.1, 0.15) is 6.92 Å². The zero-order valence-corrected chi connectivity index (χ0v) is 9.38. The molecule has 0 spiro atoms. The number of pyridine rings is 1. The van der Waals surface area contributed by atoms with Crippen molar-refractivity contribution in [1.82, 2.24) is 4.98 Å². The lowest BCUT2D eigenvalue weighted by atomic mass is 10.1. The molecule has 2 rings (SSSR count). The van der Waals surface area contributed by atoms with Gasteiger partial charge in [-0.3, -0.25) is 9.78 Å². The predicted octanol–water partition coefficient (Wildman–Crippen LogP) is 1.95. The molecule has 0 aliphatic heterocycles. The van der Waals surface area contributed by atoms with Crippen LogP contribution in [0.25, 0.3) is 11.1 Å². The van der Waals surface area contributed by atoms with E-state index in [0.29, 0.717) is 5.56 Å². The van der Waals surface area contributed by atoms with E-state index >= 15 is 0 Å². The van der Waals surface area contributed by atoms with E-state index in [2.05, 4.69) is 4.98 Å². The number of benzene rings is 1. The normalized spacial score (nSPS) is 9.00. The molecular weight excluding hydrogens is 218 g/mol. The van der Waals surface area contributed by atoms with Crippen LogP contribution in [0.5, 0.6) is 5.88 Å². The van der Waals surface area contributed by atoms with Crippen LogP contribution in [0, 0.1) is 0 Å². The first kappa shape index (κ1) is 12.7. The van der Waals surface area contributed by atoms with E-state index in [1.54, 1.807) is 0 Å². The van der Waals surface area contributed by atoms with Gasteiger partial charge in [-0.2, -0.15) is 0 Å². The Morgan fingerprint density at radius 1 is 1.12 bits per heavy atom. The molecule has 0 saturated carbocycles. The second-order valence-corrected chi connectivity index (χ2v) is 3.22. The molecule has 0 atom stereocenters. The highest BCUT2D eigenvalue weighted by atomic mass is 16.3. The molecule has 4 nitrogen and oxygen atoms in total. The Kier molecular flexibility index (Phi) is 4.69. The van der Waals surface area contributed by atoms with Crippen molar-refractivity contribution in [3.05, 3.63) is 52.8 Å². The first-order valence-corrected chi connectivity index (χ1v) is 5.06. The number of nitrogens with one attached hydrogen (secondary N) is 1. The molecule has 0 radical (unpaired) electrons. The Bertz CT molecular complexity index is 532.